The van der Waals surface area contributed by atoms with Gasteiger partial charge < -0.3 is 64.4 Å². The van der Waals surface area contributed by atoms with Crippen molar-refractivity contribution in [2.24, 2.45) is 11.7 Å². The number of aliphatic hydroxyl groups excluding tert-OH is 1. The minimum absolute atomic E-state index is 0.0158. The maximum absolute atomic E-state index is 14.5. The highest BCUT2D eigenvalue weighted by atomic mass is 35.5. The van der Waals surface area contributed by atoms with Crippen molar-refractivity contribution in [3.05, 3.63) is 161 Å². The standard InChI is InChI=1S/C79H90ClFN12O13S/c1-11-18-59(90-78(100)106-79(6,7)8)72(95)91-68(48(3)4)73(96)89-60(21-17-33-84-77(82)99)71(94)88-55-29-26-52(53(42-55)45-102-40-12-2)44-93(9)38-35-92(36-39-93)37-41-103-63-31-30-57(49(5)67(63)80)65-66-74(85-47-86-75(66)107-69(65)50-24-27-54(81)28-25-50)105-64(76(97)98)43-51-19-13-15-22-61(51)104-46-56-32-34-83-70(87-56)58-20-14-16-23-62(58)101-10/h1-2,13-16,19-20,22-32,34,42,47-48,59-60,64,68,77,84,99H,17-18,21,33,35-41,43-46,82H2,3-10H3,(H4-,88,89,90,91,94,95,96,97,98,100)/p+1/t59-,60-,64+,68-,77?/m0/s1. The SMILES string of the molecule is C#CCOCc1cc(NC(=O)[C@H](CCCNC(N)O)NC(=O)[C@@H](NC(=O)[C@H](CC#C)NC(=O)OC(C)(C)C)C(C)C)ccc1C[N+]1(C)CCN(CCOc2ccc(-c3c(-c4ccc(F)cc4)sc4ncnc(O[C@H](Cc5ccccc5OCc5ccnc(-c6ccccc6OC)n5)C(=O)O)c34)c(C)c2Cl)CC1. The lowest BCUT2D eigenvalue weighted by Crippen LogP contribution is -2.58. The second kappa shape index (κ2) is 37.8. The number of hydrogen-bond donors (Lipinski definition) is 8. The molecule has 25 nitrogen and oxygen atoms in total. The van der Waals surface area contributed by atoms with E-state index in [9.17, 15) is 38.6 Å². The summed E-state index contributed by atoms with van der Waals surface area (Å²) in [7, 11) is 3.77. The smallest absolute Gasteiger partial charge is 0.408 e. The number of aromatic nitrogens is 4. The molecule has 1 aliphatic rings. The van der Waals surface area contributed by atoms with E-state index in [4.69, 9.17) is 63.6 Å². The molecular weight excluding hydrogens is 1410 g/mol. The highest BCUT2D eigenvalue weighted by molar-refractivity contribution is 7.22. The zero-order valence-corrected chi connectivity index (χ0v) is 62.7. The molecule has 4 amide bonds. The molecular formula is C79H91ClFN12O13S+. The monoisotopic (exact) mass is 1500 g/mol. The van der Waals surface area contributed by atoms with Crippen LogP contribution in [0, 0.1) is 43.3 Å². The van der Waals surface area contributed by atoms with Crippen LogP contribution >= 0.6 is 22.9 Å². The van der Waals surface area contributed by atoms with Crippen LogP contribution in [0.25, 0.3) is 43.2 Å². The average molecular weight is 1500 g/mol. The lowest BCUT2D eigenvalue weighted by molar-refractivity contribution is -0.926. The summed E-state index contributed by atoms with van der Waals surface area (Å²) >= 11 is 8.60. The van der Waals surface area contributed by atoms with E-state index < -0.39 is 77.7 Å². The molecule has 0 spiro atoms. The van der Waals surface area contributed by atoms with Crippen LogP contribution < -0.4 is 51.3 Å². The van der Waals surface area contributed by atoms with Gasteiger partial charge in [0, 0.05) is 60.4 Å². The molecule has 564 valence electrons. The summed E-state index contributed by atoms with van der Waals surface area (Å²) < 4.78 is 51.2. The van der Waals surface area contributed by atoms with Crippen molar-refractivity contribution in [2.75, 3.05) is 72.0 Å². The number of piperazine rings is 1. The number of anilines is 1. The Morgan fingerprint density at radius 2 is 1.56 bits per heavy atom. The molecule has 8 aromatic rings. The van der Waals surface area contributed by atoms with Crippen LogP contribution in [0.1, 0.15) is 81.8 Å². The highest BCUT2D eigenvalue weighted by Crippen LogP contribution is 2.50. The average Bonchev–Trinajstić information content (AvgIpc) is 1.58. The first-order valence-electron chi connectivity index (χ1n) is 35.0. The zero-order valence-electron chi connectivity index (χ0n) is 61.1. The van der Waals surface area contributed by atoms with Gasteiger partial charge in [-0.3, -0.25) is 30.3 Å². The number of thiophene rings is 1. The minimum Gasteiger partial charge on any atom is -0.496 e. The summed E-state index contributed by atoms with van der Waals surface area (Å²) in [6, 6.07) is 28.1. The van der Waals surface area contributed by atoms with Crippen molar-refractivity contribution in [2.45, 2.75) is 123 Å². The van der Waals surface area contributed by atoms with Gasteiger partial charge in [-0.1, -0.05) is 86.0 Å². The van der Waals surface area contributed by atoms with E-state index >= 15 is 0 Å². The number of alkyl carbamates (subject to hydrolysis) is 1. The number of carboxylic acids is 1. The second-order valence-electron chi connectivity index (χ2n) is 27.4. The number of nitrogens with one attached hydrogen (secondary N) is 5. The summed E-state index contributed by atoms with van der Waals surface area (Å²) in [5, 5.41) is 34.9. The summed E-state index contributed by atoms with van der Waals surface area (Å²) in [4.78, 5) is 89.8. The lowest BCUT2D eigenvalue weighted by Gasteiger charge is -2.42. The fraction of sp³-hybridized carbons (Fsp3) is 0.380. The number of nitrogens with zero attached hydrogens (tertiary/aromatic N) is 6. The number of carbonyl (C=O) groups excluding carboxylic acids is 4. The predicted molar refractivity (Wildman–Crippen MR) is 406 cm³/mol. The number of nitrogens with two attached hydrogens (primary N) is 1. The molecule has 9 N–H and O–H groups in total. The number of ether oxygens (including phenoxy) is 6. The molecule has 0 radical (unpaired) electrons. The Bertz CT molecular complexity index is 4520. The first kappa shape index (κ1) is 80.8. The third kappa shape index (κ3) is 22.4. The number of carboxylic acid groups (broad SMARTS) is 1. The van der Waals surface area contributed by atoms with Gasteiger partial charge in [-0.2, -0.15) is 0 Å². The normalized spacial score (nSPS) is 14.3. The fourth-order valence-electron chi connectivity index (χ4n) is 12.2. The molecule has 4 heterocycles. The van der Waals surface area contributed by atoms with E-state index in [1.807, 2.05) is 49.4 Å². The molecule has 107 heavy (non-hydrogen) atoms. The number of terminal acetylenes is 2. The van der Waals surface area contributed by atoms with Crippen LogP contribution in [0.2, 0.25) is 5.02 Å². The molecule has 1 saturated heterocycles. The van der Waals surface area contributed by atoms with Crippen molar-refractivity contribution in [1.29, 1.82) is 0 Å². The number of methoxy groups -OCH3 is 1. The van der Waals surface area contributed by atoms with Gasteiger partial charge >= 0.3 is 12.1 Å². The van der Waals surface area contributed by atoms with Gasteiger partial charge in [0.05, 0.1) is 55.5 Å². The molecule has 0 bridgehead atoms. The first-order valence-corrected chi connectivity index (χ1v) is 36.1. The molecule has 5 atom stereocenters. The van der Waals surface area contributed by atoms with Gasteiger partial charge in [-0.25, -0.2) is 33.9 Å². The van der Waals surface area contributed by atoms with E-state index in [0.717, 1.165) is 37.3 Å². The Hall–Kier alpha value is -10.3. The number of carbonyl (C=O) groups is 5. The van der Waals surface area contributed by atoms with Gasteiger partial charge in [0.25, 0.3) is 0 Å². The molecule has 1 unspecified atom stereocenters. The molecule has 28 heteroatoms. The Morgan fingerprint density at radius 1 is 0.822 bits per heavy atom. The van der Waals surface area contributed by atoms with Gasteiger partial charge in [0.2, 0.25) is 29.7 Å². The van der Waals surface area contributed by atoms with E-state index in [1.54, 1.807) is 103 Å². The Morgan fingerprint density at radius 3 is 2.26 bits per heavy atom. The van der Waals surface area contributed by atoms with Gasteiger partial charge in [-0.15, -0.1) is 30.1 Å². The molecule has 3 aromatic heterocycles. The van der Waals surface area contributed by atoms with Crippen LogP contribution in [0.15, 0.2) is 122 Å². The predicted octanol–water partition coefficient (Wildman–Crippen LogP) is 9.82. The molecule has 5 aromatic carbocycles. The second-order valence-corrected chi connectivity index (χ2v) is 28.7. The van der Waals surface area contributed by atoms with Crippen LogP contribution in [0.5, 0.6) is 23.1 Å². The number of rotatable bonds is 35. The first-order chi connectivity index (χ1) is 51.2. The minimum atomic E-state index is -1.45. The van der Waals surface area contributed by atoms with Crippen LogP contribution in [-0.4, -0.2) is 172 Å². The number of aliphatic hydroxyl groups is 1. The number of fused-ring (bicyclic) bond motifs is 1. The number of benzene rings is 5. The number of halogens is 2. The number of para-hydroxylation sites is 2. The van der Waals surface area contributed by atoms with Crippen molar-refractivity contribution < 1.29 is 71.5 Å². The van der Waals surface area contributed by atoms with E-state index in [1.165, 1.54) is 29.8 Å². The van der Waals surface area contributed by atoms with Gasteiger partial charge in [-0.05, 0) is 135 Å². The van der Waals surface area contributed by atoms with E-state index in [-0.39, 0.29) is 51.5 Å². The number of likely N-dealkylation sites (N-methyl/N-ethyl adjacent to an activating group) is 1. The molecule has 1 aliphatic heterocycles. The summed E-state index contributed by atoms with van der Waals surface area (Å²) in [6.07, 6.45) is 10.6. The van der Waals surface area contributed by atoms with E-state index in [0.29, 0.717) is 119 Å². The molecule has 0 aliphatic carbocycles. The third-order valence-corrected chi connectivity index (χ3v) is 19.4. The van der Waals surface area contributed by atoms with Crippen molar-refractivity contribution in [3.8, 4) is 80.8 Å². The van der Waals surface area contributed by atoms with E-state index in [2.05, 4.69) is 65.3 Å². The number of aliphatic carboxylic acids is 1. The summed E-state index contributed by atoms with van der Waals surface area (Å²) in [5.41, 5.74) is 11.3. The lowest BCUT2D eigenvalue weighted by atomic mass is 9.96. The molecule has 1 fully saturated rings. The van der Waals surface area contributed by atoms with Crippen molar-refractivity contribution in [3.63, 3.8) is 0 Å². The van der Waals surface area contributed by atoms with Crippen molar-refractivity contribution >= 4 is 68.6 Å². The Labute approximate surface area is 631 Å². The summed E-state index contributed by atoms with van der Waals surface area (Å²) in [6.45, 7) is 15.3. The van der Waals surface area contributed by atoms with Crippen LogP contribution in [-0.2, 0) is 54.8 Å². The number of amides is 4. The topological polar surface area (TPSA) is 322 Å². The molecule has 9 rings (SSSR count). The number of hydrogen-bond acceptors (Lipinski definition) is 20. The zero-order chi connectivity index (χ0) is 77.0. The molecule has 0 saturated carbocycles. The fourth-order valence-corrected chi connectivity index (χ4v) is 13.5. The van der Waals surface area contributed by atoms with Gasteiger partial charge in [0.1, 0.15) is 84.3 Å². The maximum atomic E-state index is 14.5. The maximum Gasteiger partial charge on any atom is 0.408 e. The highest BCUT2D eigenvalue weighted by Gasteiger charge is 2.35. The summed E-state index contributed by atoms with van der Waals surface area (Å²) in [5.74, 6) is 2.77. The van der Waals surface area contributed by atoms with Gasteiger partial charge in [0.15, 0.2) is 12.2 Å². The Kier molecular flexibility index (Phi) is 28.5. The van der Waals surface area contributed by atoms with Crippen LogP contribution in [0.4, 0.5) is 14.9 Å². The largest absolute Gasteiger partial charge is 0.496 e. The van der Waals surface area contributed by atoms with Crippen LogP contribution in [0.3, 0.4) is 0 Å². The Balaban J connectivity index is 0.854. The third-order valence-electron chi connectivity index (χ3n) is 17.8. The quantitative estimate of drug-likeness (QED) is 0.00792. The van der Waals surface area contributed by atoms with Crippen molar-refractivity contribution in [1.82, 2.24) is 46.1 Å². The number of quaternary nitrogens is 1.